The molecule has 1 aromatic heterocycles. The van der Waals surface area contributed by atoms with Crippen molar-refractivity contribution >= 4 is 29.1 Å². The summed E-state index contributed by atoms with van der Waals surface area (Å²) < 4.78 is 38.9. The molecule has 2 heterocycles. The van der Waals surface area contributed by atoms with Gasteiger partial charge in [-0.3, -0.25) is 0 Å². The normalized spacial score (nSPS) is 15.7. The van der Waals surface area contributed by atoms with Crippen molar-refractivity contribution in [3.8, 4) is 0 Å². The third kappa shape index (κ3) is 3.48. The lowest BCUT2D eigenvalue weighted by atomic mass is 10.1. The van der Waals surface area contributed by atoms with Crippen LogP contribution in [0.5, 0.6) is 0 Å². The molecule has 1 fully saturated rings. The minimum atomic E-state index is -4.47. The fourth-order valence-electron chi connectivity index (χ4n) is 2.61. The van der Waals surface area contributed by atoms with Gasteiger partial charge in [-0.05, 0) is 24.3 Å². The van der Waals surface area contributed by atoms with Gasteiger partial charge in [0.25, 0.3) is 0 Å². The zero-order chi connectivity index (χ0) is 17.3. The zero-order valence-electron chi connectivity index (χ0n) is 12.6. The summed E-state index contributed by atoms with van der Waals surface area (Å²) in [5.41, 5.74) is 5.33. The van der Waals surface area contributed by atoms with Gasteiger partial charge in [-0.25, -0.2) is 4.98 Å². The van der Waals surface area contributed by atoms with Crippen molar-refractivity contribution in [2.45, 2.75) is 6.18 Å². The molecule has 1 saturated heterocycles. The fourth-order valence-corrected chi connectivity index (χ4v) is 2.83. The van der Waals surface area contributed by atoms with Crippen LogP contribution in [0.15, 0.2) is 30.5 Å². The van der Waals surface area contributed by atoms with Crippen LogP contribution in [0.4, 0.5) is 30.6 Å². The molecular formula is C15H15ClF3N5. The van der Waals surface area contributed by atoms with Gasteiger partial charge >= 0.3 is 6.18 Å². The molecule has 1 aromatic carbocycles. The molecule has 2 N–H and O–H groups in total. The molecule has 24 heavy (non-hydrogen) atoms. The molecule has 1 aliphatic rings. The van der Waals surface area contributed by atoms with Crippen LogP contribution in [-0.4, -0.2) is 36.1 Å². The molecule has 0 aliphatic carbocycles. The van der Waals surface area contributed by atoms with E-state index in [9.17, 15) is 13.2 Å². The van der Waals surface area contributed by atoms with Gasteiger partial charge in [-0.2, -0.15) is 18.2 Å². The Bertz CT molecular complexity index is 729. The maximum absolute atomic E-state index is 13.0. The number of alkyl halides is 3. The van der Waals surface area contributed by atoms with Crippen LogP contribution in [0.1, 0.15) is 5.56 Å². The van der Waals surface area contributed by atoms with Gasteiger partial charge in [-0.1, -0.05) is 11.6 Å². The Morgan fingerprint density at radius 1 is 1.04 bits per heavy atom. The first-order chi connectivity index (χ1) is 11.3. The molecule has 1 aliphatic heterocycles. The molecule has 0 atom stereocenters. The monoisotopic (exact) mass is 357 g/mol. The molecule has 0 bridgehead atoms. The molecular weight excluding hydrogens is 343 g/mol. The van der Waals surface area contributed by atoms with Gasteiger partial charge in [0.05, 0.1) is 10.6 Å². The van der Waals surface area contributed by atoms with E-state index in [0.29, 0.717) is 43.6 Å². The van der Waals surface area contributed by atoms with E-state index in [4.69, 9.17) is 17.3 Å². The van der Waals surface area contributed by atoms with Crippen molar-refractivity contribution < 1.29 is 13.2 Å². The Balaban J connectivity index is 1.73. The van der Waals surface area contributed by atoms with E-state index < -0.39 is 11.7 Å². The zero-order valence-corrected chi connectivity index (χ0v) is 13.3. The quantitative estimate of drug-likeness (QED) is 0.895. The first kappa shape index (κ1) is 16.6. The van der Waals surface area contributed by atoms with Gasteiger partial charge in [-0.15, -0.1) is 0 Å². The summed E-state index contributed by atoms with van der Waals surface area (Å²) in [5, 5.41) is -0.293. The number of anilines is 3. The standard InChI is InChI=1S/C15H15ClF3N5/c16-12-2-1-10(9-11(12)15(17,18)19)23-5-7-24(8-6-23)14-21-4-3-13(20)22-14/h1-4,9H,5-8H2,(H2,20,21,22). The van der Waals surface area contributed by atoms with Crippen molar-refractivity contribution in [3.05, 3.63) is 41.0 Å². The van der Waals surface area contributed by atoms with Crippen LogP contribution in [0, 0.1) is 0 Å². The van der Waals surface area contributed by atoms with Crippen LogP contribution >= 0.6 is 11.6 Å². The average molecular weight is 358 g/mol. The number of nitrogens with zero attached hydrogens (tertiary/aromatic N) is 4. The second-order valence-electron chi connectivity index (χ2n) is 5.42. The number of aromatic nitrogens is 2. The predicted octanol–water partition coefficient (Wildman–Crippen LogP) is 3.06. The molecule has 0 saturated carbocycles. The highest BCUT2D eigenvalue weighted by atomic mass is 35.5. The lowest BCUT2D eigenvalue weighted by Gasteiger charge is -2.36. The van der Waals surface area contributed by atoms with Gasteiger partial charge in [0, 0.05) is 38.1 Å². The van der Waals surface area contributed by atoms with Gasteiger partial charge in [0.15, 0.2) is 0 Å². The number of hydrogen-bond donors (Lipinski definition) is 1. The number of hydrogen-bond acceptors (Lipinski definition) is 5. The number of halogens is 4. The SMILES string of the molecule is Nc1ccnc(N2CCN(c3ccc(Cl)c(C(F)(F)F)c3)CC2)n1. The minimum absolute atomic E-state index is 0.293. The number of nitrogens with two attached hydrogens (primary N) is 1. The Kier molecular flexibility index (Phi) is 4.40. The molecule has 0 radical (unpaired) electrons. The van der Waals surface area contributed by atoms with Crippen molar-refractivity contribution in [3.63, 3.8) is 0 Å². The largest absolute Gasteiger partial charge is 0.417 e. The second kappa shape index (κ2) is 6.35. The van der Waals surface area contributed by atoms with Crippen LogP contribution in [0.25, 0.3) is 0 Å². The highest BCUT2D eigenvalue weighted by Gasteiger charge is 2.34. The lowest BCUT2D eigenvalue weighted by Crippen LogP contribution is -2.47. The summed E-state index contributed by atoms with van der Waals surface area (Å²) in [6.45, 7) is 2.29. The lowest BCUT2D eigenvalue weighted by molar-refractivity contribution is -0.137. The Labute approximate surface area is 141 Å². The third-order valence-electron chi connectivity index (χ3n) is 3.85. The van der Waals surface area contributed by atoms with Crippen LogP contribution in [0.3, 0.4) is 0 Å². The molecule has 128 valence electrons. The second-order valence-corrected chi connectivity index (χ2v) is 5.82. The molecule has 3 rings (SSSR count). The smallest absolute Gasteiger partial charge is 0.384 e. The van der Waals surface area contributed by atoms with E-state index >= 15 is 0 Å². The van der Waals surface area contributed by atoms with Gasteiger partial charge in [0.2, 0.25) is 5.95 Å². The summed E-state index contributed by atoms with van der Waals surface area (Å²) in [5.74, 6) is 0.914. The van der Waals surface area contributed by atoms with Gasteiger partial charge in [0.1, 0.15) is 5.82 Å². The first-order valence-electron chi connectivity index (χ1n) is 7.30. The summed E-state index contributed by atoms with van der Waals surface area (Å²) in [6.07, 6.45) is -2.89. The van der Waals surface area contributed by atoms with Crippen LogP contribution < -0.4 is 15.5 Å². The molecule has 5 nitrogen and oxygen atoms in total. The van der Waals surface area contributed by atoms with Crippen molar-refractivity contribution in [2.75, 3.05) is 41.7 Å². The summed E-state index contributed by atoms with van der Waals surface area (Å²) in [4.78, 5) is 12.2. The van der Waals surface area contributed by atoms with Crippen LogP contribution in [-0.2, 0) is 6.18 Å². The maximum atomic E-state index is 13.0. The Morgan fingerprint density at radius 3 is 2.33 bits per heavy atom. The summed E-state index contributed by atoms with van der Waals surface area (Å²) >= 11 is 5.66. The Morgan fingerprint density at radius 2 is 1.71 bits per heavy atom. The predicted molar refractivity (Wildman–Crippen MR) is 87.3 cm³/mol. The minimum Gasteiger partial charge on any atom is -0.384 e. The van der Waals surface area contributed by atoms with Gasteiger partial charge < -0.3 is 15.5 Å². The number of nitrogen functional groups attached to an aromatic ring is 1. The van der Waals surface area contributed by atoms with E-state index in [1.54, 1.807) is 18.3 Å². The number of rotatable bonds is 2. The average Bonchev–Trinajstić information content (AvgIpc) is 2.54. The van der Waals surface area contributed by atoms with Crippen molar-refractivity contribution in [2.24, 2.45) is 0 Å². The molecule has 0 spiro atoms. The molecule has 0 unspecified atom stereocenters. The summed E-state index contributed by atoms with van der Waals surface area (Å²) in [6, 6.07) is 5.58. The number of piperazine rings is 1. The highest BCUT2D eigenvalue weighted by Crippen LogP contribution is 2.37. The first-order valence-corrected chi connectivity index (χ1v) is 7.67. The van der Waals surface area contributed by atoms with E-state index in [0.717, 1.165) is 6.07 Å². The number of benzene rings is 1. The highest BCUT2D eigenvalue weighted by molar-refractivity contribution is 6.31. The molecule has 9 heteroatoms. The van der Waals surface area contributed by atoms with E-state index in [1.165, 1.54) is 6.07 Å². The van der Waals surface area contributed by atoms with E-state index in [1.807, 2.05) is 9.80 Å². The fraction of sp³-hybridized carbons (Fsp3) is 0.333. The van der Waals surface area contributed by atoms with Crippen molar-refractivity contribution in [1.82, 2.24) is 9.97 Å². The third-order valence-corrected chi connectivity index (χ3v) is 4.18. The molecule has 0 amide bonds. The topological polar surface area (TPSA) is 58.3 Å². The Hall–Kier alpha value is -2.22. The van der Waals surface area contributed by atoms with E-state index in [2.05, 4.69) is 9.97 Å². The maximum Gasteiger partial charge on any atom is 0.417 e. The van der Waals surface area contributed by atoms with Crippen LogP contribution in [0.2, 0.25) is 5.02 Å². The van der Waals surface area contributed by atoms with E-state index in [-0.39, 0.29) is 5.02 Å². The molecule has 2 aromatic rings. The van der Waals surface area contributed by atoms with Crippen molar-refractivity contribution in [1.29, 1.82) is 0 Å². The summed E-state index contributed by atoms with van der Waals surface area (Å²) in [7, 11) is 0.